The van der Waals surface area contributed by atoms with E-state index in [0.29, 0.717) is 6.42 Å². The second kappa shape index (κ2) is 6.90. The van der Waals surface area contributed by atoms with Crippen molar-refractivity contribution in [2.24, 2.45) is 0 Å². The van der Waals surface area contributed by atoms with Gasteiger partial charge in [0, 0.05) is 12.3 Å². The fourth-order valence-corrected chi connectivity index (χ4v) is 2.26. The molecule has 0 spiro atoms. The first-order valence-corrected chi connectivity index (χ1v) is 7.01. The molecule has 0 radical (unpaired) electrons. The van der Waals surface area contributed by atoms with Crippen LogP contribution in [-0.2, 0) is 9.53 Å². The lowest BCUT2D eigenvalue weighted by Crippen LogP contribution is -2.16. The summed E-state index contributed by atoms with van der Waals surface area (Å²) in [5.74, 6) is -0.0456. The summed E-state index contributed by atoms with van der Waals surface area (Å²) in [5, 5.41) is 0. The number of hydrogen-bond acceptors (Lipinski definition) is 2. The predicted octanol–water partition coefficient (Wildman–Crippen LogP) is 4.48. The van der Waals surface area contributed by atoms with E-state index in [2.05, 4.69) is 19.1 Å². The van der Waals surface area contributed by atoms with Gasteiger partial charge in [-0.3, -0.25) is 4.79 Å². The van der Waals surface area contributed by atoms with E-state index in [1.165, 1.54) is 5.56 Å². The molecular weight excluding hydrogens is 248 g/mol. The number of rotatable bonds is 5. The molecule has 104 valence electrons. The van der Waals surface area contributed by atoms with Crippen LogP contribution in [0.4, 0.5) is 0 Å². The monoisotopic (exact) mass is 268 g/mol. The van der Waals surface area contributed by atoms with Crippen molar-refractivity contribution in [1.29, 1.82) is 0 Å². The second-order valence-corrected chi connectivity index (χ2v) is 4.87. The summed E-state index contributed by atoms with van der Waals surface area (Å²) < 4.78 is 5.66. The Bertz CT molecular complexity index is 534. The summed E-state index contributed by atoms with van der Waals surface area (Å²) in [6.07, 6.45) is 0.149. The molecule has 0 N–H and O–H groups in total. The fourth-order valence-electron chi connectivity index (χ4n) is 2.26. The highest BCUT2D eigenvalue weighted by molar-refractivity contribution is 5.69. The van der Waals surface area contributed by atoms with Crippen LogP contribution in [0.3, 0.4) is 0 Å². The summed E-state index contributed by atoms with van der Waals surface area (Å²) in [4.78, 5) is 11.7. The van der Waals surface area contributed by atoms with Gasteiger partial charge >= 0.3 is 5.97 Å². The number of esters is 1. The standard InChI is InChI=1S/C18H20O2/c1-3-17(19)20-18(16-12-8-5-9-13-16)14(2)15-10-6-4-7-11-15/h4-14,18H,3H2,1-2H3/t14-,18-/m1/s1. The van der Waals surface area contributed by atoms with Crippen molar-refractivity contribution in [3.05, 3.63) is 71.8 Å². The molecule has 0 amide bonds. The Kier molecular flexibility index (Phi) is 4.94. The van der Waals surface area contributed by atoms with E-state index in [0.717, 1.165) is 5.56 Å². The van der Waals surface area contributed by atoms with Gasteiger partial charge in [-0.05, 0) is 11.1 Å². The van der Waals surface area contributed by atoms with Crippen LogP contribution < -0.4 is 0 Å². The first-order valence-electron chi connectivity index (χ1n) is 7.01. The molecule has 0 bridgehead atoms. The Labute approximate surface area is 120 Å². The third-order valence-electron chi connectivity index (χ3n) is 3.45. The molecule has 0 aromatic heterocycles. The molecule has 2 heteroatoms. The maximum atomic E-state index is 11.7. The molecule has 2 aromatic rings. The molecule has 0 aliphatic heterocycles. The highest BCUT2D eigenvalue weighted by Crippen LogP contribution is 2.33. The van der Waals surface area contributed by atoms with Crippen LogP contribution in [-0.4, -0.2) is 5.97 Å². The molecule has 2 aromatic carbocycles. The lowest BCUT2D eigenvalue weighted by atomic mass is 9.90. The first-order chi connectivity index (χ1) is 9.72. The Balaban J connectivity index is 2.29. The van der Waals surface area contributed by atoms with Gasteiger partial charge in [-0.25, -0.2) is 0 Å². The van der Waals surface area contributed by atoms with Crippen LogP contribution >= 0.6 is 0 Å². The van der Waals surface area contributed by atoms with E-state index in [4.69, 9.17) is 4.74 Å². The van der Waals surface area contributed by atoms with Crippen LogP contribution in [0.5, 0.6) is 0 Å². The van der Waals surface area contributed by atoms with Gasteiger partial charge in [-0.15, -0.1) is 0 Å². The Morgan fingerprint density at radius 1 is 0.950 bits per heavy atom. The van der Waals surface area contributed by atoms with Crippen molar-refractivity contribution in [3.63, 3.8) is 0 Å². The molecule has 0 fully saturated rings. The van der Waals surface area contributed by atoms with Crippen LogP contribution in [0.25, 0.3) is 0 Å². The van der Waals surface area contributed by atoms with E-state index in [1.54, 1.807) is 0 Å². The zero-order valence-electron chi connectivity index (χ0n) is 12.0. The summed E-state index contributed by atoms with van der Waals surface area (Å²) in [7, 11) is 0. The average molecular weight is 268 g/mol. The van der Waals surface area contributed by atoms with Gasteiger partial charge in [-0.1, -0.05) is 74.5 Å². The first kappa shape index (κ1) is 14.3. The number of benzene rings is 2. The van der Waals surface area contributed by atoms with Crippen molar-refractivity contribution in [3.8, 4) is 0 Å². The van der Waals surface area contributed by atoms with Crippen LogP contribution in [0.2, 0.25) is 0 Å². The molecule has 2 atom stereocenters. The largest absolute Gasteiger partial charge is 0.457 e. The van der Waals surface area contributed by atoms with Crippen molar-refractivity contribution in [2.45, 2.75) is 32.3 Å². The summed E-state index contributed by atoms with van der Waals surface area (Å²) >= 11 is 0. The zero-order valence-corrected chi connectivity index (χ0v) is 12.0. The van der Waals surface area contributed by atoms with E-state index < -0.39 is 0 Å². The van der Waals surface area contributed by atoms with E-state index >= 15 is 0 Å². The topological polar surface area (TPSA) is 26.3 Å². The third kappa shape index (κ3) is 3.47. The molecule has 0 heterocycles. The van der Waals surface area contributed by atoms with Crippen LogP contribution in [0.1, 0.15) is 43.4 Å². The van der Waals surface area contributed by atoms with E-state index in [9.17, 15) is 4.79 Å². The van der Waals surface area contributed by atoms with Crippen molar-refractivity contribution >= 4 is 5.97 Å². The van der Waals surface area contributed by atoms with E-state index in [-0.39, 0.29) is 18.0 Å². The van der Waals surface area contributed by atoms with Crippen LogP contribution in [0, 0.1) is 0 Å². The van der Waals surface area contributed by atoms with Gasteiger partial charge in [0.25, 0.3) is 0 Å². The third-order valence-corrected chi connectivity index (χ3v) is 3.45. The van der Waals surface area contributed by atoms with Crippen molar-refractivity contribution in [1.82, 2.24) is 0 Å². The van der Waals surface area contributed by atoms with Gasteiger partial charge in [0.2, 0.25) is 0 Å². The number of carbonyl (C=O) groups is 1. The van der Waals surface area contributed by atoms with E-state index in [1.807, 2.05) is 55.5 Å². The fraction of sp³-hybridized carbons (Fsp3) is 0.278. The van der Waals surface area contributed by atoms with Crippen molar-refractivity contribution in [2.75, 3.05) is 0 Å². The second-order valence-electron chi connectivity index (χ2n) is 4.87. The molecule has 0 unspecified atom stereocenters. The lowest BCUT2D eigenvalue weighted by molar-refractivity contribution is -0.150. The van der Waals surface area contributed by atoms with Crippen LogP contribution in [0.15, 0.2) is 60.7 Å². The maximum Gasteiger partial charge on any atom is 0.306 e. The molecule has 0 saturated carbocycles. The minimum Gasteiger partial charge on any atom is -0.457 e. The summed E-state index contributed by atoms with van der Waals surface area (Å²) in [5.41, 5.74) is 2.20. The molecule has 2 rings (SSSR count). The lowest BCUT2D eigenvalue weighted by Gasteiger charge is -2.25. The highest BCUT2D eigenvalue weighted by Gasteiger charge is 2.24. The highest BCUT2D eigenvalue weighted by atomic mass is 16.5. The van der Waals surface area contributed by atoms with Gasteiger partial charge in [0.15, 0.2) is 0 Å². The summed E-state index contributed by atoms with van der Waals surface area (Å²) in [6.45, 7) is 3.91. The Morgan fingerprint density at radius 3 is 1.95 bits per heavy atom. The zero-order chi connectivity index (χ0) is 14.4. The van der Waals surface area contributed by atoms with Crippen molar-refractivity contribution < 1.29 is 9.53 Å². The molecule has 0 saturated heterocycles. The SMILES string of the molecule is CCC(=O)O[C@@H](c1ccccc1)[C@H](C)c1ccccc1. The average Bonchev–Trinajstić information content (AvgIpc) is 2.53. The maximum absolute atomic E-state index is 11.7. The Hall–Kier alpha value is -2.09. The van der Waals surface area contributed by atoms with Gasteiger partial charge in [0.1, 0.15) is 6.10 Å². The quantitative estimate of drug-likeness (QED) is 0.747. The number of ether oxygens (including phenoxy) is 1. The predicted molar refractivity (Wildman–Crippen MR) is 80.4 cm³/mol. The molecule has 0 aliphatic rings. The number of carbonyl (C=O) groups excluding carboxylic acids is 1. The minimum absolute atomic E-state index is 0.120. The van der Waals surface area contributed by atoms with Gasteiger partial charge < -0.3 is 4.74 Å². The normalized spacial score (nSPS) is 13.5. The molecule has 2 nitrogen and oxygen atoms in total. The molecular formula is C18H20O2. The minimum atomic E-state index is -0.244. The molecule has 0 aliphatic carbocycles. The summed E-state index contributed by atoms with van der Waals surface area (Å²) in [6, 6.07) is 20.1. The Morgan fingerprint density at radius 2 is 1.45 bits per heavy atom. The number of hydrogen-bond donors (Lipinski definition) is 0. The van der Waals surface area contributed by atoms with Gasteiger partial charge in [-0.2, -0.15) is 0 Å². The molecule has 20 heavy (non-hydrogen) atoms. The smallest absolute Gasteiger partial charge is 0.306 e. The van der Waals surface area contributed by atoms with Gasteiger partial charge in [0.05, 0.1) is 0 Å².